The SMILES string of the molecule is Cc1nc2ccc(-c3c[nH]c4nc(N[C@@H](C)C(F)(F)F)ncc34)cc2s1. The smallest absolute Gasteiger partial charge is 0.345 e. The van der Waals surface area contributed by atoms with Crippen molar-refractivity contribution in [1.82, 2.24) is 19.9 Å². The van der Waals surface area contributed by atoms with Crippen molar-refractivity contribution < 1.29 is 13.2 Å². The molecule has 0 aliphatic heterocycles. The summed E-state index contributed by atoms with van der Waals surface area (Å²) in [5, 5.41) is 4.02. The van der Waals surface area contributed by atoms with Crippen LogP contribution in [0.2, 0.25) is 0 Å². The second-order valence-electron chi connectivity index (χ2n) is 5.98. The first-order valence-electron chi connectivity index (χ1n) is 7.86. The van der Waals surface area contributed by atoms with E-state index in [9.17, 15) is 13.2 Å². The van der Waals surface area contributed by atoms with Crippen LogP contribution in [0.15, 0.2) is 30.6 Å². The molecule has 0 spiro atoms. The molecule has 1 aromatic carbocycles. The molecule has 2 N–H and O–H groups in total. The van der Waals surface area contributed by atoms with Crippen molar-refractivity contribution in [2.75, 3.05) is 5.32 Å². The highest BCUT2D eigenvalue weighted by molar-refractivity contribution is 7.18. The third-order valence-corrected chi connectivity index (χ3v) is 5.01. The minimum Gasteiger partial charge on any atom is -0.345 e. The van der Waals surface area contributed by atoms with Crippen LogP contribution < -0.4 is 5.32 Å². The zero-order valence-electron chi connectivity index (χ0n) is 13.8. The van der Waals surface area contributed by atoms with Crippen LogP contribution >= 0.6 is 11.3 Å². The Morgan fingerprint density at radius 3 is 2.81 bits per heavy atom. The molecule has 0 saturated heterocycles. The molecule has 0 saturated carbocycles. The van der Waals surface area contributed by atoms with Crippen molar-refractivity contribution in [2.45, 2.75) is 26.1 Å². The Bertz CT molecular complexity index is 1100. The van der Waals surface area contributed by atoms with Crippen LogP contribution in [0, 0.1) is 6.92 Å². The van der Waals surface area contributed by atoms with Crippen LogP contribution in [0.3, 0.4) is 0 Å². The lowest BCUT2D eigenvalue weighted by Gasteiger charge is -2.16. The van der Waals surface area contributed by atoms with Crippen molar-refractivity contribution in [1.29, 1.82) is 0 Å². The number of aromatic amines is 1. The van der Waals surface area contributed by atoms with Crippen LogP contribution in [0.25, 0.3) is 32.4 Å². The number of alkyl halides is 3. The summed E-state index contributed by atoms with van der Waals surface area (Å²) in [5.41, 5.74) is 3.29. The van der Waals surface area contributed by atoms with Crippen LogP contribution in [-0.4, -0.2) is 32.2 Å². The van der Waals surface area contributed by atoms with E-state index in [0.29, 0.717) is 5.65 Å². The van der Waals surface area contributed by atoms with Gasteiger partial charge in [-0.15, -0.1) is 11.3 Å². The second-order valence-corrected chi connectivity index (χ2v) is 7.22. The van der Waals surface area contributed by atoms with Crippen molar-refractivity contribution in [2.24, 2.45) is 0 Å². The summed E-state index contributed by atoms with van der Waals surface area (Å²) >= 11 is 1.61. The van der Waals surface area contributed by atoms with Crippen molar-refractivity contribution in [3.05, 3.63) is 35.6 Å². The molecule has 0 bridgehead atoms. The Hall–Kier alpha value is -2.68. The monoisotopic (exact) mass is 377 g/mol. The fourth-order valence-corrected chi connectivity index (χ4v) is 3.56. The summed E-state index contributed by atoms with van der Waals surface area (Å²) in [6.45, 7) is 2.99. The van der Waals surface area contributed by atoms with Gasteiger partial charge in [0.25, 0.3) is 0 Å². The Labute approximate surface area is 150 Å². The fraction of sp³-hybridized carbons (Fsp3) is 0.235. The number of nitrogens with zero attached hydrogens (tertiary/aromatic N) is 3. The van der Waals surface area contributed by atoms with Gasteiger partial charge in [-0.3, -0.25) is 0 Å². The predicted molar refractivity (Wildman–Crippen MR) is 96.4 cm³/mol. The summed E-state index contributed by atoms with van der Waals surface area (Å²) in [4.78, 5) is 15.6. The van der Waals surface area contributed by atoms with Gasteiger partial charge in [0.05, 0.1) is 15.2 Å². The number of halogens is 3. The largest absolute Gasteiger partial charge is 0.408 e. The lowest BCUT2D eigenvalue weighted by molar-refractivity contribution is -0.138. The van der Waals surface area contributed by atoms with Gasteiger partial charge in [0.15, 0.2) is 0 Å². The number of nitrogens with one attached hydrogen (secondary N) is 2. The number of hydrogen-bond donors (Lipinski definition) is 2. The Balaban J connectivity index is 1.70. The summed E-state index contributed by atoms with van der Waals surface area (Å²) in [5.74, 6) is -0.0655. The molecule has 5 nitrogen and oxygen atoms in total. The number of fused-ring (bicyclic) bond motifs is 2. The van der Waals surface area contributed by atoms with E-state index in [1.54, 1.807) is 17.5 Å². The van der Waals surface area contributed by atoms with Crippen LogP contribution in [0.1, 0.15) is 11.9 Å². The van der Waals surface area contributed by atoms with Crippen molar-refractivity contribution in [3.8, 4) is 11.1 Å². The first-order chi connectivity index (χ1) is 12.3. The van der Waals surface area contributed by atoms with E-state index in [1.807, 2.05) is 25.1 Å². The molecule has 0 aliphatic rings. The van der Waals surface area contributed by atoms with E-state index in [-0.39, 0.29) is 5.95 Å². The lowest BCUT2D eigenvalue weighted by Crippen LogP contribution is -2.33. The molecular formula is C17H14F3N5S. The predicted octanol–water partition coefficient (Wildman–Crippen LogP) is 4.91. The number of H-pyrrole nitrogens is 1. The first-order valence-corrected chi connectivity index (χ1v) is 8.68. The third-order valence-electron chi connectivity index (χ3n) is 4.08. The number of rotatable bonds is 3. The van der Waals surface area contributed by atoms with Gasteiger partial charge in [-0.2, -0.15) is 18.2 Å². The minimum atomic E-state index is -4.36. The number of anilines is 1. The molecule has 26 heavy (non-hydrogen) atoms. The Morgan fingerprint density at radius 2 is 2.04 bits per heavy atom. The molecular weight excluding hydrogens is 363 g/mol. The first kappa shape index (κ1) is 16.8. The zero-order chi connectivity index (χ0) is 18.5. The average Bonchev–Trinajstić information content (AvgIpc) is 3.14. The van der Waals surface area contributed by atoms with E-state index < -0.39 is 12.2 Å². The van der Waals surface area contributed by atoms with Gasteiger partial charge in [0.2, 0.25) is 5.95 Å². The van der Waals surface area contributed by atoms with Gasteiger partial charge in [0, 0.05) is 23.3 Å². The maximum atomic E-state index is 12.7. The summed E-state index contributed by atoms with van der Waals surface area (Å²) in [6.07, 6.45) is -1.05. The molecule has 1 atom stereocenters. The van der Waals surface area contributed by atoms with E-state index in [4.69, 9.17) is 0 Å². The summed E-state index contributed by atoms with van der Waals surface area (Å²) < 4.78 is 39.1. The van der Waals surface area contributed by atoms with Crippen LogP contribution in [-0.2, 0) is 0 Å². The lowest BCUT2D eigenvalue weighted by atomic mass is 10.1. The Morgan fingerprint density at radius 1 is 1.23 bits per heavy atom. The zero-order valence-corrected chi connectivity index (χ0v) is 14.7. The maximum absolute atomic E-state index is 12.7. The average molecular weight is 377 g/mol. The molecule has 4 aromatic rings. The standard InChI is InChI=1S/C17H14F3N5S/c1-8(17(18,19)20)23-16-22-7-12-11(6-21-15(12)25-16)10-3-4-13-14(5-10)26-9(2)24-13/h3-8H,1-2H3,(H2,21,22,23,25)/t8-/m0/s1. The van der Waals surface area contributed by atoms with Gasteiger partial charge < -0.3 is 10.3 Å². The molecule has 4 rings (SSSR count). The van der Waals surface area contributed by atoms with Crippen molar-refractivity contribution >= 4 is 38.5 Å². The quantitative estimate of drug-likeness (QED) is 0.533. The summed E-state index contributed by atoms with van der Waals surface area (Å²) in [6, 6.07) is 4.23. The van der Waals surface area contributed by atoms with Gasteiger partial charge in [-0.1, -0.05) is 6.07 Å². The highest BCUT2D eigenvalue weighted by Gasteiger charge is 2.36. The van der Waals surface area contributed by atoms with Gasteiger partial charge in [-0.05, 0) is 31.5 Å². The van der Waals surface area contributed by atoms with E-state index in [0.717, 1.165) is 38.7 Å². The number of aryl methyl sites for hydroxylation is 1. The van der Waals surface area contributed by atoms with Crippen LogP contribution in [0.4, 0.5) is 19.1 Å². The minimum absolute atomic E-state index is 0.0655. The third kappa shape index (κ3) is 2.98. The maximum Gasteiger partial charge on any atom is 0.408 e. The molecule has 0 amide bonds. The van der Waals surface area contributed by atoms with Crippen LogP contribution in [0.5, 0.6) is 0 Å². The highest BCUT2D eigenvalue weighted by Crippen LogP contribution is 2.32. The molecule has 0 fully saturated rings. The van der Waals surface area contributed by atoms with E-state index in [1.165, 1.54) is 6.20 Å². The molecule has 0 radical (unpaired) electrons. The number of aromatic nitrogens is 4. The molecule has 3 aromatic heterocycles. The number of benzene rings is 1. The number of thiazole rings is 1. The Kier molecular flexibility index (Phi) is 3.83. The van der Waals surface area contributed by atoms with Gasteiger partial charge in [0.1, 0.15) is 11.7 Å². The normalized spacial score (nSPS) is 13.4. The van der Waals surface area contributed by atoms with Gasteiger partial charge in [-0.25, -0.2) is 9.97 Å². The topological polar surface area (TPSA) is 66.5 Å². The van der Waals surface area contributed by atoms with E-state index in [2.05, 4.69) is 25.3 Å². The molecule has 134 valence electrons. The molecule has 9 heteroatoms. The molecule has 3 heterocycles. The van der Waals surface area contributed by atoms with Crippen molar-refractivity contribution in [3.63, 3.8) is 0 Å². The molecule has 0 aliphatic carbocycles. The molecule has 0 unspecified atom stereocenters. The second kappa shape index (κ2) is 5.94. The van der Waals surface area contributed by atoms with Gasteiger partial charge >= 0.3 is 6.18 Å². The summed E-state index contributed by atoms with van der Waals surface area (Å²) in [7, 11) is 0. The van der Waals surface area contributed by atoms with E-state index >= 15 is 0 Å². The fourth-order valence-electron chi connectivity index (χ4n) is 2.70. The highest BCUT2D eigenvalue weighted by atomic mass is 32.1. The number of hydrogen-bond acceptors (Lipinski definition) is 5.